The number of nitro groups is 1. The molecular weight excluding hydrogens is 388 g/mol. The number of para-hydroxylation sites is 1. The minimum Gasteiger partial charge on any atom is -0.480 e. The normalized spacial score (nSPS) is 11.4. The van der Waals surface area contributed by atoms with E-state index in [1.54, 1.807) is 12.1 Å². The standard InChI is InChI=1S/C26H24N2O3/c1-20-9-6-10-21(2)26(20)31-18-8-14-23(17-16-22-11-4-3-5-12-22)27-24-13-7-15-25(19-24)28(29)30/h3-7,9-13,15-17,19,23,27H,18H2,1-2H3/b17-16+. The number of hydrogen-bond donors (Lipinski definition) is 1. The summed E-state index contributed by atoms with van der Waals surface area (Å²) in [5.41, 5.74) is 3.83. The number of aryl methyl sites for hydroxylation is 2. The van der Waals surface area contributed by atoms with Crippen molar-refractivity contribution in [1.29, 1.82) is 0 Å². The summed E-state index contributed by atoms with van der Waals surface area (Å²) in [5, 5.41) is 14.3. The molecule has 1 N–H and O–H groups in total. The van der Waals surface area contributed by atoms with Gasteiger partial charge in [0.2, 0.25) is 0 Å². The summed E-state index contributed by atoms with van der Waals surface area (Å²) < 4.78 is 5.87. The van der Waals surface area contributed by atoms with E-state index in [0.29, 0.717) is 5.69 Å². The van der Waals surface area contributed by atoms with Crippen molar-refractivity contribution in [2.24, 2.45) is 0 Å². The molecule has 31 heavy (non-hydrogen) atoms. The Morgan fingerprint density at radius 3 is 2.45 bits per heavy atom. The monoisotopic (exact) mass is 412 g/mol. The first-order valence-corrected chi connectivity index (χ1v) is 9.94. The van der Waals surface area contributed by atoms with Crippen molar-refractivity contribution in [3.05, 3.63) is 106 Å². The molecule has 1 atom stereocenters. The first-order valence-electron chi connectivity index (χ1n) is 9.94. The minimum atomic E-state index is -0.413. The molecule has 1 unspecified atom stereocenters. The zero-order chi connectivity index (χ0) is 22.1. The molecule has 0 saturated carbocycles. The van der Waals surface area contributed by atoms with Gasteiger partial charge < -0.3 is 10.1 Å². The van der Waals surface area contributed by atoms with Gasteiger partial charge in [0, 0.05) is 17.8 Å². The van der Waals surface area contributed by atoms with Gasteiger partial charge in [-0.25, -0.2) is 0 Å². The second-order valence-electron chi connectivity index (χ2n) is 7.03. The van der Waals surface area contributed by atoms with Crippen molar-refractivity contribution in [1.82, 2.24) is 0 Å². The molecule has 156 valence electrons. The van der Waals surface area contributed by atoms with Crippen LogP contribution in [0.4, 0.5) is 11.4 Å². The molecule has 0 bridgehead atoms. The van der Waals surface area contributed by atoms with E-state index in [4.69, 9.17) is 4.74 Å². The summed E-state index contributed by atoms with van der Waals surface area (Å²) in [4.78, 5) is 10.7. The molecule has 0 aliphatic carbocycles. The van der Waals surface area contributed by atoms with E-state index in [1.165, 1.54) is 12.1 Å². The molecule has 0 heterocycles. The fourth-order valence-electron chi connectivity index (χ4n) is 3.08. The van der Waals surface area contributed by atoms with Crippen molar-refractivity contribution in [3.63, 3.8) is 0 Å². The molecule has 0 saturated heterocycles. The molecule has 3 aromatic rings. The Balaban J connectivity index is 1.76. The van der Waals surface area contributed by atoms with E-state index in [-0.39, 0.29) is 18.3 Å². The number of nitro benzene ring substituents is 1. The highest BCUT2D eigenvalue weighted by Gasteiger charge is 2.08. The maximum atomic E-state index is 11.1. The summed E-state index contributed by atoms with van der Waals surface area (Å²) in [6, 6.07) is 21.9. The fraction of sp³-hybridized carbons (Fsp3) is 0.154. The molecule has 0 amide bonds. The van der Waals surface area contributed by atoms with Crippen LogP contribution in [0, 0.1) is 35.8 Å². The largest absolute Gasteiger partial charge is 0.480 e. The van der Waals surface area contributed by atoms with Crippen LogP contribution in [0.3, 0.4) is 0 Å². The lowest BCUT2D eigenvalue weighted by Crippen LogP contribution is -2.15. The zero-order valence-electron chi connectivity index (χ0n) is 17.5. The van der Waals surface area contributed by atoms with Gasteiger partial charge in [-0.1, -0.05) is 72.5 Å². The highest BCUT2D eigenvalue weighted by molar-refractivity contribution is 5.57. The van der Waals surface area contributed by atoms with Crippen LogP contribution >= 0.6 is 0 Å². The summed E-state index contributed by atoms with van der Waals surface area (Å²) >= 11 is 0. The molecule has 5 nitrogen and oxygen atoms in total. The van der Waals surface area contributed by atoms with Crippen molar-refractivity contribution < 1.29 is 9.66 Å². The third-order valence-corrected chi connectivity index (χ3v) is 4.61. The van der Waals surface area contributed by atoms with E-state index in [2.05, 4.69) is 17.2 Å². The lowest BCUT2D eigenvalue weighted by molar-refractivity contribution is -0.384. The Bertz CT molecular complexity index is 1110. The molecule has 0 fully saturated rings. The van der Waals surface area contributed by atoms with Crippen LogP contribution in [-0.2, 0) is 0 Å². The summed E-state index contributed by atoms with van der Waals surface area (Å²) in [5.74, 6) is 7.06. The second-order valence-corrected chi connectivity index (χ2v) is 7.03. The number of hydrogen-bond acceptors (Lipinski definition) is 4. The molecule has 0 radical (unpaired) electrons. The molecule has 3 rings (SSSR count). The zero-order valence-corrected chi connectivity index (χ0v) is 17.5. The first kappa shape index (κ1) is 21.7. The molecule has 3 aromatic carbocycles. The van der Waals surface area contributed by atoms with Crippen LogP contribution in [0.15, 0.2) is 78.9 Å². The quantitative estimate of drug-likeness (QED) is 0.303. The van der Waals surface area contributed by atoms with E-state index in [1.807, 2.05) is 74.5 Å². The van der Waals surface area contributed by atoms with Crippen LogP contribution in [0.2, 0.25) is 0 Å². The lowest BCUT2D eigenvalue weighted by atomic mass is 10.1. The van der Waals surface area contributed by atoms with Crippen LogP contribution in [0.5, 0.6) is 5.75 Å². The molecular formula is C26H24N2O3. The lowest BCUT2D eigenvalue weighted by Gasteiger charge is -2.11. The number of nitrogens with one attached hydrogen (secondary N) is 1. The summed E-state index contributed by atoms with van der Waals surface area (Å²) in [6.07, 6.45) is 3.90. The average Bonchev–Trinajstić information content (AvgIpc) is 2.77. The predicted molar refractivity (Wildman–Crippen MR) is 125 cm³/mol. The average molecular weight is 412 g/mol. The van der Waals surface area contributed by atoms with Gasteiger partial charge in [0.15, 0.2) is 0 Å². The Morgan fingerprint density at radius 1 is 1.03 bits per heavy atom. The van der Waals surface area contributed by atoms with E-state index >= 15 is 0 Å². The number of anilines is 1. The summed E-state index contributed by atoms with van der Waals surface area (Å²) in [6.45, 7) is 4.26. The Labute approximate surface area is 182 Å². The summed E-state index contributed by atoms with van der Waals surface area (Å²) in [7, 11) is 0. The Morgan fingerprint density at radius 2 is 1.74 bits per heavy atom. The van der Waals surface area contributed by atoms with Crippen LogP contribution in [-0.4, -0.2) is 17.6 Å². The highest BCUT2D eigenvalue weighted by Crippen LogP contribution is 2.22. The van der Waals surface area contributed by atoms with Crippen LogP contribution in [0.25, 0.3) is 6.08 Å². The van der Waals surface area contributed by atoms with Gasteiger partial charge in [-0.15, -0.1) is 0 Å². The minimum absolute atomic E-state index is 0.0297. The van der Waals surface area contributed by atoms with Gasteiger partial charge in [0.1, 0.15) is 18.4 Å². The number of nitrogens with zero attached hydrogens (tertiary/aromatic N) is 1. The van der Waals surface area contributed by atoms with E-state index in [9.17, 15) is 10.1 Å². The van der Waals surface area contributed by atoms with Gasteiger partial charge in [-0.2, -0.15) is 0 Å². The third kappa shape index (κ3) is 6.48. The maximum absolute atomic E-state index is 11.1. The van der Waals surface area contributed by atoms with Crippen molar-refractivity contribution in [2.45, 2.75) is 19.9 Å². The van der Waals surface area contributed by atoms with Gasteiger partial charge in [0.25, 0.3) is 5.69 Å². The fourth-order valence-corrected chi connectivity index (χ4v) is 3.08. The smallest absolute Gasteiger partial charge is 0.271 e. The number of non-ortho nitro benzene ring substituents is 1. The molecule has 0 aliphatic heterocycles. The van der Waals surface area contributed by atoms with Crippen LogP contribution < -0.4 is 10.1 Å². The van der Waals surface area contributed by atoms with Gasteiger partial charge >= 0.3 is 0 Å². The second kappa shape index (κ2) is 10.7. The Hall–Kier alpha value is -4.04. The molecule has 5 heteroatoms. The number of ether oxygens (including phenoxy) is 1. The van der Waals surface area contributed by atoms with Crippen molar-refractivity contribution in [3.8, 4) is 17.6 Å². The molecule has 0 aromatic heterocycles. The van der Waals surface area contributed by atoms with Crippen molar-refractivity contribution >= 4 is 17.5 Å². The van der Waals surface area contributed by atoms with Gasteiger partial charge in [-0.05, 0) is 42.7 Å². The number of benzene rings is 3. The predicted octanol–water partition coefficient (Wildman–Crippen LogP) is 5.79. The third-order valence-electron chi connectivity index (χ3n) is 4.61. The van der Waals surface area contributed by atoms with Crippen LogP contribution in [0.1, 0.15) is 16.7 Å². The van der Waals surface area contributed by atoms with E-state index < -0.39 is 4.92 Å². The molecule has 0 aliphatic rings. The highest BCUT2D eigenvalue weighted by atomic mass is 16.6. The SMILES string of the molecule is Cc1cccc(C)c1OCC#CC(/C=C/c1ccccc1)Nc1cccc([N+](=O)[O-])c1. The van der Waals surface area contributed by atoms with Gasteiger partial charge in [0.05, 0.1) is 4.92 Å². The number of rotatable bonds is 7. The van der Waals surface area contributed by atoms with Gasteiger partial charge in [-0.3, -0.25) is 10.1 Å². The van der Waals surface area contributed by atoms with E-state index in [0.717, 1.165) is 22.4 Å². The topological polar surface area (TPSA) is 64.4 Å². The molecule has 0 spiro atoms. The Kier molecular flexibility index (Phi) is 7.45. The maximum Gasteiger partial charge on any atom is 0.271 e. The van der Waals surface area contributed by atoms with Crippen molar-refractivity contribution in [2.75, 3.05) is 11.9 Å². The first-order chi connectivity index (χ1) is 15.0.